The largest absolute Gasteiger partial charge is 0.378 e. The van der Waals surface area contributed by atoms with Gasteiger partial charge in [-0.3, -0.25) is 4.79 Å². The summed E-state index contributed by atoms with van der Waals surface area (Å²) in [6, 6.07) is 7.85. The number of fused-ring (bicyclic) bond motifs is 1. The number of nitrogens with one attached hydrogen (secondary N) is 3. The van der Waals surface area contributed by atoms with Crippen molar-refractivity contribution in [2.45, 2.75) is 24.8 Å². The van der Waals surface area contributed by atoms with Crippen LogP contribution in [0.25, 0.3) is 22.2 Å². The lowest BCUT2D eigenvalue weighted by molar-refractivity contribution is -0.126. The summed E-state index contributed by atoms with van der Waals surface area (Å²) in [4.78, 5) is 15.4. The predicted molar refractivity (Wildman–Crippen MR) is 115 cm³/mol. The topological polar surface area (TPSA) is 66.2 Å². The Morgan fingerprint density at radius 1 is 1.09 bits per heavy atom. The van der Waals surface area contributed by atoms with Gasteiger partial charge in [0.15, 0.2) is 0 Å². The molecule has 1 aliphatic carbocycles. The van der Waals surface area contributed by atoms with Gasteiger partial charge in [0.1, 0.15) is 23.5 Å². The smallest absolute Gasteiger partial charge is 0.239 e. The van der Waals surface area contributed by atoms with Crippen LogP contribution >= 0.6 is 0 Å². The maximum atomic E-state index is 14.5. The van der Waals surface area contributed by atoms with Crippen LogP contribution in [0.4, 0.5) is 13.2 Å². The minimum atomic E-state index is -0.653. The van der Waals surface area contributed by atoms with Crippen molar-refractivity contribution in [3.63, 3.8) is 0 Å². The number of morpholine rings is 1. The Morgan fingerprint density at radius 3 is 2.59 bits per heavy atom. The molecule has 5 rings (SSSR count). The van der Waals surface area contributed by atoms with Crippen LogP contribution in [-0.4, -0.2) is 43.2 Å². The van der Waals surface area contributed by atoms with Crippen LogP contribution in [0, 0.1) is 23.4 Å². The van der Waals surface area contributed by atoms with Crippen LogP contribution in [-0.2, 0) is 9.53 Å². The van der Waals surface area contributed by atoms with Crippen molar-refractivity contribution in [2.75, 3.05) is 26.3 Å². The lowest BCUT2D eigenvalue weighted by atomic mass is 9.70. The van der Waals surface area contributed by atoms with Crippen LogP contribution in [0.2, 0.25) is 0 Å². The average molecular weight is 443 g/mol. The Labute approximate surface area is 183 Å². The molecule has 2 aliphatic rings. The summed E-state index contributed by atoms with van der Waals surface area (Å²) in [6.07, 6.45) is 1.57. The van der Waals surface area contributed by atoms with Crippen LogP contribution < -0.4 is 10.6 Å². The summed E-state index contributed by atoms with van der Waals surface area (Å²) in [7, 11) is 0. The third-order valence-electron chi connectivity index (χ3n) is 6.44. The first kappa shape index (κ1) is 21.0. The molecular formula is C24H24F3N3O2. The molecule has 168 valence electrons. The number of rotatable bonds is 5. The highest BCUT2D eigenvalue weighted by Crippen LogP contribution is 2.48. The molecule has 2 heterocycles. The monoisotopic (exact) mass is 443 g/mol. The molecule has 1 saturated carbocycles. The Bertz CT molecular complexity index is 1130. The van der Waals surface area contributed by atoms with E-state index in [1.807, 2.05) is 0 Å². The van der Waals surface area contributed by atoms with Gasteiger partial charge < -0.3 is 20.4 Å². The normalized spacial score (nSPS) is 23.2. The second-order valence-electron chi connectivity index (χ2n) is 8.59. The third-order valence-corrected chi connectivity index (χ3v) is 6.44. The molecule has 1 atom stereocenters. The zero-order chi connectivity index (χ0) is 22.2. The van der Waals surface area contributed by atoms with E-state index >= 15 is 0 Å². The molecule has 0 bridgehead atoms. The number of hydrogen-bond acceptors (Lipinski definition) is 3. The first-order valence-corrected chi connectivity index (χ1v) is 10.8. The summed E-state index contributed by atoms with van der Waals surface area (Å²) < 4.78 is 47.3. The van der Waals surface area contributed by atoms with Crippen molar-refractivity contribution in [2.24, 2.45) is 5.92 Å². The molecule has 1 aromatic heterocycles. The highest BCUT2D eigenvalue weighted by atomic mass is 19.1. The van der Waals surface area contributed by atoms with Crippen molar-refractivity contribution >= 4 is 16.8 Å². The number of hydrogen-bond donors (Lipinski definition) is 3. The van der Waals surface area contributed by atoms with Gasteiger partial charge in [0, 0.05) is 24.5 Å². The van der Waals surface area contributed by atoms with Gasteiger partial charge in [0.2, 0.25) is 5.91 Å². The molecule has 2 fully saturated rings. The van der Waals surface area contributed by atoms with Gasteiger partial charge >= 0.3 is 0 Å². The average Bonchev–Trinajstić information content (AvgIpc) is 3.13. The SMILES string of the molecule is O=C(NC[C@H]1C[C@H](c2c(-c3ccc(F)cc3)[nH]c3c(F)cc(F)cc32)C1)[C@H]1COCCN1. The molecule has 0 radical (unpaired) electrons. The van der Waals surface area contributed by atoms with Crippen LogP contribution in [0.1, 0.15) is 24.3 Å². The highest BCUT2D eigenvalue weighted by molar-refractivity contribution is 5.92. The van der Waals surface area contributed by atoms with Gasteiger partial charge in [-0.2, -0.15) is 0 Å². The van der Waals surface area contributed by atoms with E-state index in [-0.39, 0.29) is 35.1 Å². The van der Waals surface area contributed by atoms with Gasteiger partial charge in [-0.25, -0.2) is 13.2 Å². The maximum Gasteiger partial charge on any atom is 0.239 e. The zero-order valence-electron chi connectivity index (χ0n) is 17.4. The Kier molecular flexibility index (Phi) is 5.65. The van der Waals surface area contributed by atoms with E-state index in [2.05, 4.69) is 15.6 Å². The Hall–Kier alpha value is -2.84. The quantitative estimate of drug-likeness (QED) is 0.561. The van der Waals surface area contributed by atoms with E-state index in [9.17, 15) is 18.0 Å². The molecular weight excluding hydrogens is 419 g/mol. The second-order valence-corrected chi connectivity index (χ2v) is 8.59. The minimum Gasteiger partial charge on any atom is -0.378 e. The number of carbonyl (C=O) groups excluding carboxylic acids is 1. The van der Waals surface area contributed by atoms with Crippen molar-refractivity contribution in [3.8, 4) is 11.3 Å². The number of H-pyrrole nitrogens is 1. The molecule has 1 saturated heterocycles. The number of ether oxygens (including phenoxy) is 1. The Morgan fingerprint density at radius 2 is 1.88 bits per heavy atom. The molecule has 3 N–H and O–H groups in total. The number of benzene rings is 2. The van der Waals surface area contributed by atoms with E-state index in [0.717, 1.165) is 30.0 Å². The second kappa shape index (κ2) is 8.60. The number of halogens is 3. The number of aromatic amines is 1. The lowest BCUT2D eigenvalue weighted by Crippen LogP contribution is -2.52. The summed E-state index contributed by atoms with van der Waals surface area (Å²) in [5.74, 6) is -1.36. The van der Waals surface area contributed by atoms with Crippen molar-refractivity contribution in [1.29, 1.82) is 0 Å². The van der Waals surface area contributed by atoms with Crippen LogP contribution in [0.15, 0.2) is 36.4 Å². The number of amides is 1. The lowest BCUT2D eigenvalue weighted by Gasteiger charge is -2.36. The van der Waals surface area contributed by atoms with Gasteiger partial charge in [-0.05, 0) is 66.1 Å². The maximum absolute atomic E-state index is 14.5. The fourth-order valence-electron chi connectivity index (χ4n) is 4.75. The van der Waals surface area contributed by atoms with E-state index < -0.39 is 11.6 Å². The fourth-order valence-corrected chi connectivity index (χ4v) is 4.75. The van der Waals surface area contributed by atoms with E-state index in [0.29, 0.717) is 37.4 Å². The summed E-state index contributed by atoms with van der Waals surface area (Å²) >= 11 is 0. The predicted octanol–water partition coefficient (Wildman–Crippen LogP) is 3.85. The van der Waals surface area contributed by atoms with E-state index in [1.54, 1.807) is 12.1 Å². The summed E-state index contributed by atoms with van der Waals surface area (Å²) in [5, 5.41) is 6.62. The van der Waals surface area contributed by atoms with E-state index in [1.165, 1.54) is 18.2 Å². The van der Waals surface area contributed by atoms with Crippen molar-refractivity contribution in [3.05, 3.63) is 59.4 Å². The fraction of sp³-hybridized carbons (Fsp3) is 0.375. The Balaban J connectivity index is 1.35. The van der Waals surface area contributed by atoms with Crippen molar-refractivity contribution < 1.29 is 22.7 Å². The molecule has 5 nitrogen and oxygen atoms in total. The molecule has 8 heteroatoms. The zero-order valence-corrected chi connectivity index (χ0v) is 17.4. The van der Waals surface area contributed by atoms with Crippen LogP contribution in [0.5, 0.6) is 0 Å². The third kappa shape index (κ3) is 4.00. The molecule has 1 aliphatic heterocycles. The van der Waals surface area contributed by atoms with Crippen molar-refractivity contribution in [1.82, 2.24) is 15.6 Å². The number of aromatic nitrogens is 1. The molecule has 3 aromatic rings. The molecule has 1 amide bonds. The minimum absolute atomic E-state index is 0.0728. The highest BCUT2D eigenvalue weighted by Gasteiger charge is 2.35. The molecule has 0 unspecified atom stereocenters. The van der Waals surface area contributed by atoms with Gasteiger partial charge in [0.05, 0.1) is 24.4 Å². The number of carbonyl (C=O) groups is 1. The summed E-state index contributed by atoms with van der Waals surface area (Å²) in [5.41, 5.74) is 2.49. The first-order valence-electron chi connectivity index (χ1n) is 10.8. The molecule has 2 aromatic carbocycles. The standard InChI is InChI=1S/C24H24F3N3O2/c25-16-3-1-14(2-4-16)22-21(18-9-17(26)10-19(27)23(18)30-22)15-7-13(8-15)11-29-24(31)20-12-32-6-5-28-20/h1-4,9-10,13,15,20,28,30H,5-8,11-12H2,(H,29,31)/t13-,15-,20-/m1/s1. The molecule has 0 spiro atoms. The first-order chi connectivity index (χ1) is 15.5. The van der Waals surface area contributed by atoms with Gasteiger partial charge in [-0.1, -0.05) is 0 Å². The summed E-state index contributed by atoms with van der Waals surface area (Å²) in [6.45, 7) is 2.18. The van der Waals surface area contributed by atoms with Gasteiger partial charge in [-0.15, -0.1) is 0 Å². The van der Waals surface area contributed by atoms with E-state index in [4.69, 9.17) is 4.74 Å². The molecule has 32 heavy (non-hydrogen) atoms. The van der Waals surface area contributed by atoms with Crippen LogP contribution in [0.3, 0.4) is 0 Å². The van der Waals surface area contributed by atoms with Gasteiger partial charge in [0.25, 0.3) is 0 Å².